The van der Waals surface area contributed by atoms with E-state index in [9.17, 15) is 9.59 Å². The van der Waals surface area contributed by atoms with Crippen LogP contribution in [0.15, 0.2) is 40.5 Å². The van der Waals surface area contributed by atoms with E-state index in [1.165, 1.54) is 22.7 Å². The lowest BCUT2D eigenvalue weighted by Gasteiger charge is -2.33. The fourth-order valence-corrected chi connectivity index (χ4v) is 4.26. The minimum Gasteiger partial charge on any atom is -0.339 e. The highest BCUT2D eigenvalue weighted by atomic mass is 32.2. The quantitative estimate of drug-likeness (QED) is 0.546. The van der Waals surface area contributed by atoms with Crippen LogP contribution in [0.2, 0.25) is 0 Å². The number of carbonyl (C=O) groups excluding carboxylic acids is 1. The summed E-state index contributed by atoms with van der Waals surface area (Å²) in [6, 6.07) is 7.41. The summed E-state index contributed by atoms with van der Waals surface area (Å²) in [5.41, 5.74) is 0.359. The third-order valence-corrected chi connectivity index (χ3v) is 5.73. The van der Waals surface area contributed by atoms with Crippen molar-refractivity contribution in [1.82, 2.24) is 29.6 Å². The maximum Gasteiger partial charge on any atom is 0.269 e. The van der Waals surface area contributed by atoms with Gasteiger partial charge in [0.15, 0.2) is 5.16 Å². The number of nitrogens with one attached hydrogen (secondary N) is 1. The number of likely N-dealkylation sites (tertiary alicyclic amines) is 1. The number of hydrogen-bond donors (Lipinski definition) is 1. The number of carbonyl (C=O) groups is 1. The SMILES string of the molecule is C[C@@H]1CCCCN1C(=O)CSc1nc2ccccc2c(=O)n1-c1ncn[nH]1. The zero-order valence-electron chi connectivity index (χ0n) is 15.0. The van der Waals surface area contributed by atoms with Gasteiger partial charge < -0.3 is 4.90 Å². The first-order chi connectivity index (χ1) is 13.1. The van der Waals surface area contributed by atoms with Crippen LogP contribution in [0.3, 0.4) is 0 Å². The van der Waals surface area contributed by atoms with Gasteiger partial charge in [-0.1, -0.05) is 23.9 Å². The molecule has 0 radical (unpaired) electrons. The largest absolute Gasteiger partial charge is 0.339 e. The molecule has 1 N–H and O–H groups in total. The van der Waals surface area contributed by atoms with Crippen molar-refractivity contribution in [3.05, 3.63) is 40.9 Å². The Labute approximate surface area is 160 Å². The Morgan fingerprint density at radius 3 is 2.96 bits per heavy atom. The Balaban J connectivity index is 1.67. The highest BCUT2D eigenvalue weighted by Gasteiger charge is 2.24. The molecule has 4 rings (SSSR count). The Hall–Kier alpha value is -2.68. The summed E-state index contributed by atoms with van der Waals surface area (Å²) in [7, 11) is 0. The third-order valence-electron chi connectivity index (χ3n) is 4.81. The molecule has 140 valence electrons. The van der Waals surface area contributed by atoms with Crippen molar-refractivity contribution in [3.8, 4) is 5.95 Å². The van der Waals surface area contributed by atoms with Crippen LogP contribution in [-0.4, -0.2) is 53.9 Å². The number of nitrogens with zero attached hydrogens (tertiary/aromatic N) is 5. The molecule has 2 aromatic heterocycles. The normalized spacial score (nSPS) is 17.4. The number of piperidine rings is 1. The second-order valence-electron chi connectivity index (χ2n) is 6.58. The van der Waals surface area contributed by atoms with Crippen LogP contribution in [0.1, 0.15) is 26.2 Å². The second-order valence-corrected chi connectivity index (χ2v) is 7.52. The highest BCUT2D eigenvalue weighted by molar-refractivity contribution is 7.99. The fourth-order valence-electron chi connectivity index (χ4n) is 3.38. The van der Waals surface area contributed by atoms with E-state index < -0.39 is 0 Å². The molecule has 0 spiro atoms. The van der Waals surface area contributed by atoms with Gasteiger partial charge in [0, 0.05) is 12.6 Å². The van der Waals surface area contributed by atoms with Gasteiger partial charge in [0.25, 0.3) is 5.56 Å². The summed E-state index contributed by atoms with van der Waals surface area (Å²) < 4.78 is 1.38. The second kappa shape index (κ2) is 7.51. The molecule has 1 amide bonds. The van der Waals surface area contributed by atoms with Crippen LogP contribution in [0, 0.1) is 0 Å². The highest BCUT2D eigenvalue weighted by Crippen LogP contribution is 2.22. The minimum atomic E-state index is -0.237. The van der Waals surface area contributed by atoms with E-state index in [0.29, 0.717) is 22.0 Å². The van der Waals surface area contributed by atoms with Crippen LogP contribution in [0.4, 0.5) is 0 Å². The molecule has 1 saturated heterocycles. The number of para-hydroxylation sites is 1. The number of rotatable bonds is 4. The van der Waals surface area contributed by atoms with Crippen molar-refractivity contribution in [2.45, 2.75) is 37.4 Å². The van der Waals surface area contributed by atoms with Crippen molar-refractivity contribution in [2.75, 3.05) is 12.3 Å². The Morgan fingerprint density at radius 1 is 1.33 bits per heavy atom. The zero-order valence-corrected chi connectivity index (χ0v) is 15.8. The van der Waals surface area contributed by atoms with E-state index >= 15 is 0 Å². The van der Waals surface area contributed by atoms with Crippen LogP contribution in [0.5, 0.6) is 0 Å². The van der Waals surface area contributed by atoms with E-state index in [0.717, 1.165) is 25.8 Å². The average Bonchev–Trinajstić information content (AvgIpc) is 3.21. The van der Waals surface area contributed by atoms with Gasteiger partial charge in [0.1, 0.15) is 6.33 Å². The van der Waals surface area contributed by atoms with E-state index in [4.69, 9.17) is 0 Å². The van der Waals surface area contributed by atoms with Crippen LogP contribution in [0.25, 0.3) is 16.9 Å². The van der Waals surface area contributed by atoms with E-state index in [1.807, 2.05) is 11.0 Å². The van der Waals surface area contributed by atoms with Crippen molar-refractivity contribution in [2.24, 2.45) is 0 Å². The molecule has 0 aliphatic carbocycles. The van der Waals surface area contributed by atoms with E-state index in [-0.39, 0.29) is 23.3 Å². The molecule has 1 aromatic carbocycles. The standard InChI is InChI=1S/C18H20N6O2S/c1-12-6-4-5-9-23(12)15(25)10-27-18-21-14-8-3-2-7-13(14)16(26)24(18)17-19-11-20-22-17/h2-3,7-8,11-12H,4-6,9-10H2,1H3,(H,19,20,22)/t12-/m1/s1. The van der Waals surface area contributed by atoms with E-state index in [1.54, 1.807) is 18.2 Å². The van der Waals surface area contributed by atoms with Gasteiger partial charge in [-0.3, -0.25) is 9.59 Å². The summed E-state index contributed by atoms with van der Waals surface area (Å²) in [6.07, 6.45) is 4.58. The number of hydrogen-bond acceptors (Lipinski definition) is 6. The first kappa shape index (κ1) is 17.7. The van der Waals surface area contributed by atoms with Crippen molar-refractivity contribution < 1.29 is 4.79 Å². The number of aromatic nitrogens is 5. The van der Waals surface area contributed by atoms with Gasteiger partial charge in [-0.05, 0) is 38.3 Å². The first-order valence-corrected chi connectivity index (χ1v) is 9.93. The van der Waals surface area contributed by atoms with Crippen molar-refractivity contribution >= 4 is 28.6 Å². The fraction of sp³-hybridized carbons (Fsp3) is 0.389. The third kappa shape index (κ3) is 3.46. The maximum absolute atomic E-state index is 13.0. The van der Waals surface area contributed by atoms with Crippen LogP contribution < -0.4 is 5.56 Å². The zero-order chi connectivity index (χ0) is 18.8. The molecule has 1 fully saturated rings. The molecule has 1 atom stereocenters. The smallest absolute Gasteiger partial charge is 0.269 e. The molecule has 3 heterocycles. The lowest BCUT2D eigenvalue weighted by atomic mass is 10.0. The van der Waals surface area contributed by atoms with E-state index in [2.05, 4.69) is 27.1 Å². The molecule has 3 aromatic rings. The summed E-state index contributed by atoms with van der Waals surface area (Å²) in [5, 5.41) is 7.46. The maximum atomic E-state index is 13.0. The summed E-state index contributed by atoms with van der Waals surface area (Å²) in [4.78, 5) is 36.3. The van der Waals surface area contributed by atoms with Gasteiger partial charge >= 0.3 is 0 Å². The van der Waals surface area contributed by atoms with Gasteiger partial charge in [-0.25, -0.2) is 14.6 Å². The minimum absolute atomic E-state index is 0.0683. The Bertz CT molecular complexity index is 1020. The molecule has 0 bridgehead atoms. The summed E-state index contributed by atoms with van der Waals surface area (Å²) >= 11 is 1.25. The summed E-state index contributed by atoms with van der Waals surface area (Å²) in [5.74, 6) is 0.585. The number of thioether (sulfide) groups is 1. The van der Waals surface area contributed by atoms with Crippen LogP contribution in [-0.2, 0) is 4.79 Å². The number of fused-ring (bicyclic) bond motifs is 1. The molecule has 1 aliphatic rings. The predicted molar refractivity (Wildman–Crippen MR) is 103 cm³/mol. The molecular formula is C18H20N6O2S. The van der Waals surface area contributed by atoms with Gasteiger partial charge in [0.05, 0.1) is 16.7 Å². The number of benzene rings is 1. The lowest BCUT2D eigenvalue weighted by molar-refractivity contribution is -0.131. The van der Waals surface area contributed by atoms with Crippen LogP contribution >= 0.6 is 11.8 Å². The summed E-state index contributed by atoms with van der Waals surface area (Å²) in [6.45, 7) is 2.88. The van der Waals surface area contributed by atoms with Gasteiger partial charge in [-0.15, -0.1) is 0 Å². The van der Waals surface area contributed by atoms with Crippen molar-refractivity contribution in [3.63, 3.8) is 0 Å². The van der Waals surface area contributed by atoms with Crippen molar-refractivity contribution in [1.29, 1.82) is 0 Å². The lowest BCUT2D eigenvalue weighted by Crippen LogP contribution is -2.43. The average molecular weight is 384 g/mol. The monoisotopic (exact) mass is 384 g/mol. The molecule has 0 saturated carbocycles. The Kier molecular flexibility index (Phi) is 4.93. The van der Waals surface area contributed by atoms with Gasteiger partial charge in [-0.2, -0.15) is 10.1 Å². The number of aromatic amines is 1. The molecular weight excluding hydrogens is 364 g/mol. The molecule has 1 aliphatic heterocycles. The molecule has 27 heavy (non-hydrogen) atoms. The molecule has 9 heteroatoms. The molecule has 0 unspecified atom stereocenters. The van der Waals surface area contributed by atoms with Gasteiger partial charge in [0.2, 0.25) is 11.9 Å². The Morgan fingerprint density at radius 2 is 2.19 bits per heavy atom. The number of amides is 1. The first-order valence-electron chi connectivity index (χ1n) is 8.95. The topological polar surface area (TPSA) is 96.8 Å². The number of H-pyrrole nitrogens is 1. The molecule has 8 nitrogen and oxygen atoms in total. The predicted octanol–water partition coefficient (Wildman–Crippen LogP) is 2.00.